The number of hydrogen-bond acceptors (Lipinski definition) is 4. The van der Waals surface area contributed by atoms with Crippen LogP contribution in [0, 0.1) is 5.92 Å². The summed E-state index contributed by atoms with van der Waals surface area (Å²) in [6.07, 6.45) is 6.18. The van der Waals surface area contributed by atoms with Gasteiger partial charge in [0.25, 0.3) is 0 Å². The molecule has 3 unspecified atom stereocenters. The van der Waals surface area contributed by atoms with Crippen molar-refractivity contribution in [2.75, 3.05) is 13.7 Å². The van der Waals surface area contributed by atoms with Crippen molar-refractivity contribution in [3.63, 3.8) is 0 Å². The molecule has 1 fully saturated rings. The van der Waals surface area contributed by atoms with E-state index in [0.717, 1.165) is 37.3 Å². The quantitative estimate of drug-likeness (QED) is 0.876. The van der Waals surface area contributed by atoms with E-state index in [1.165, 1.54) is 6.42 Å². The molecule has 2 N–H and O–H groups in total. The molecule has 5 nitrogen and oxygen atoms in total. The summed E-state index contributed by atoms with van der Waals surface area (Å²) in [5.41, 5.74) is 7.35. The Hall–Kier alpha value is -1.07. The number of ether oxygens (including phenoxy) is 2. The lowest BCUT2D eigenvalue weighted by Gasteiger charge is -2.44. The number of methoxy groups -OCH3 is 1. The van der Waals surface area contributed by atoms with Gasteiger partial charge >= 0.3 is 0 Å². The summed E-state index contributed by atoms with van der Waals surface area (Å²) in [5, 5.41) is 4.39. The fourth-order valence-corrected chi connectivity index (χ4v) is 3.68. The SMILES string of the molecule is CCOC1(C(N)c2c(OC)cnn2CC)CCCC(C)C1. The molecule has 21 heavy (non-hydrogen) atoms. The van der Waals surface area contributed by atoms with E-state index < -0.39 is 0 Å². The summed E-state index contributed by atoms with van der Waals surface area (Å²) in [4.78, 5) is 0. The normalized spacial score (nSPS) is 27.6. The molecule has 1 aromatic heterocycles. The molecule has 1 aliphatic carbocycles. The molecular formula is C16H29N3O2. The number of aryl methyl sites for hydroxylation is 1. The Morgan fingerprint density at radius 1 is 1.52 bits per heavy atom. The lowest BCUT2D eigenvalue weighted by molar-refractivity contribution is -0.0955. The van der Waals surface area contributed by atoms with Gasteiger partial charge in [-0.05, 0) is 32.6 Å². The van der Waals surface area contributed by atoms with Gasteiger partial charge in [-0.15, -0.1) is 0 Å². The second-order valence-electron chi connectivity index (χ2n) is 6.09. The smallest absolute Gasteiger partial charge is 0.161 e. The van der Waals surface area contributed by atoms with E-state index >= 15 is 0 Å². The van der Waals surface area contributed by atoms with Crippen LogP contribution >= 0.6 is 0 Å². The van der Waals surface area contributed by atoms with E-state index in [0.29, 0.717) is 12.5 Å². The van der Waals surface area contributed by atoms with Crippen LogP contribution in [-0.4, -0.2) is 29.1 Å². The summed E-state index contributed by atoms with van der Waals surface area (Å²) < 4.78 is 13.6. The van der Waals surface area contributed by atoms with Crippen LogP contribution in [0.4, 0.5) is 0 Å². The minimum Gasteiger partial charge on any atom is -0.493 e. The summed E-state index contributed by atoms with van der Waals surface area (Å²) in [6, 6.07) is -0.211. The lowest BCUT2D eigenvalue weighted by atomic mass is 9.73. The highest BCUT2D eigenvalue weighted by molar-refractivity contribution is 5.30. The Morgan fingerprint density at radius 2 is 2.29 bits per heavy atom. The Morgan fingerprint density at radius 3 is 2.86 bits per heavy atom. The molecule has 2 rings (SSSR count). The minimum absolute atomic E-state index is 0.211. The maximum Gasteiger partial charge on any atom is 0.161 e. The van der Waals surface area contributed by atoms with E-state index in [1.807, 2.05) is 11.6 Å². The molecule has 1 aliphatic rings. The highest BCUT2D eigenvalue weighted by Crippen LogP contribution is 2.44. The molecule has 0 aliphatic heterocycles. The van der Waals surface area contributed by atoms with Crippen molar-refractivity contribution in [1.29, 1.82) is 0 Å². The lowest BCUT2D eigenvalue weighted by Crippen LogP contribution is -2.48. The first-order chi connectivity index (χ1) is 10.1. The molecule has 0 amide bonds. The molecule has 0 radical (unpaired) electrons. The predicted molar refractivity (Wildman–Crippen MR) is 83.4 cm³/mol. The highest BCUT2D eigenvalue weighted by atomic mass is 16.5. The van der Waals surface area contributed by atoms with Crippen molar-refractivity contribution in [2.45, 2.75) is 64.6 Å². The van der Waals surface area contributed by atoms with Crippen molar-refractivity contribution in [2.24, 2.45) is 11.7 Å². The number of aromatic nitrogens is 2. The number of nitrogens with two attached hydrogens (primary N) is 1. The Balaban J connectivity index is 2.38. The molecule has 1 saturated carbocycles. The van der Waals surface area contributed by atoms with Gasteiger partial charge in [-0.3, -0.25) is 4.68 Å². The fraction of sp³-hybridized carbons (Fsp3) is 0.812. The summed E-state index contributed by atoms with van der Waals surface area (Å²) in [5.74, 6) is 1.40. The van der Waals surface area contributed by atoms with Crippen LogP contribution < -0.4 is 10.5 Å². The van der Waals surface area contributed by atoms with Crippen LogP contribution in [0.25, 0.3) is 0 Å². The molecule has 0 spiro atoms. The zero-order valence-corrected chi connectivity index (χ0v) is 13.8. The van der Waals surface area contributed by atoms with Crippen LogP contribution in [-0.2, 0) is 11.3 Å². The Bertz CT molecular complexity index is 435. The molecule has 120 valence electrons. The van der Waals surface area contributed by atoms with Crippen molar-refractivity contribution in [3.05, 3.63) is 11.9 Å². The number of rotatable bonds is 6. The van der Waals surface area contributed by atoms with Crippen molar-refractivity contribution < 1.29 is 9.47 Å². The highest BCUT2D eigenvalue weighted by Gasteiger charge is 2.44. The average molecular weight is 295 g/mol. The van der Waals surface area contributed by atoms with Gasteiger partial charge in [-0.1, -0.05) is 19.8 Å². The standard InChI is InChI=1S/C16H29N3O2/c1-5-19-14(13(20-4)11-18-19)15(17)16(21-6-2)9-7-8-12(3)10-16/h11-12,15H,5-10,17H2,1-4H3. The summed E-state index contributed by atoms with van der Waals surface area (Å²) in [6.45, 7) is 7.86. The molecule has 1 aromatic rings. The first-order valence-corrected chi connectivity index (χ1v) is 8.07. The van der Waals surface area contributed by atoms with Gasteiger partial charge in [-0.2, -0.15) is 5.10 Å². The molecule has 5 heteroatoms. The van der Waals surface area contributed by atoms with Crippen LogP contribution in [0.1, 0.15) is 58.2 Å². The van der Waals surface area contributed by atoms with Gasteiger partial charge in [0.15, 0.2) is 5.75 Å². The first-order valence-electron chi connectivity index (χ1n) is 8.07. The molecule has 0 bridgehead atoms. The summed E-state index contributed by atoms with van der Waals surface area (Å²) in [7, 11) is 1.67. The largest absolute Gasteiger partial charge is 0.493 e. The van der Waals surface area contributed by atoms with Crippen molar-refractivity contribution in [3.8, 4) is 5.75 Å². The molecule has 0 saturated heterocycles. The topological polar surface area (TPSA) is 62.3 Å². The van der Waals surface area contributed by atoms with Crippen molar-refractivity contribution in [1.82, 2.24) is 9.78 Å². The Kier molecular flexibility index (Phi) is 5.27. The first kappa shape index (κ1) is 16.3. The van der Waals surface area contributed by atoms with Crippen LogP contribution in [0.15, 0.2) is 6.20 Å². The second kappa shape index (κ2) is 6.79. The molecule has 3 atom stereocenters. The zero-order valence-electron chi connectivity index (χ0n) is 13.8. The third-order valence-corrected chi connectivity index (χ3v) is 4.65. The Labute approximate surface area is 127 Å². The van der Waals surface area contributed by atoms with Gasteiger partial charge in [0.2, 0.25) is 0 Å². The third kappa shape index (κ3) is 3.09. The van der Waals surface area contributed by atoms with Crippen molar-refractivity contribution >= 4 is 0 Å². The van der Waals surface area contributed by atoms with Gasteiger partial charge in [0.1, 0.15) is 0 Å². The monoisotopic (exact) mass is 295 g/mol. The maximum atomic E-state index is 6.68. The van der Waals surface area contributed by atoms with E-state index in [4.69, 9.17) is 15.2 Å². The average Bonchev–Trinajstić information content (AvgIpc) is 2.89. The van der Waals surface area contributed by atoms with Gasteiger partial charge < -0.3 is 15.2 Å². The number of hydrogen-bond donors (Lipinski definition) is 1. The minimum atomic E-state index is -0.299. The number of nitrogens with zero attached hydrogens (tertiary/aromatic N) is 2. The molecule has 0 aromatic carbocycles. The maximum absolute atomic E-state index is 6.68. The molecule has 1 heterocycles. The van der Waals surface area contributed by atoms with E-state index in [2.05, 4.69) is 18.9 Å². The van der Waals surface area contributed by atoms with Gasteiger partial charge in [0.05, 0.1) is 30.6 Å². The predicted octanol–water partition coefficient (Wildman–Crippen LogP) is 2.90. The van der Waals surface area contributed by atoms with Crippen LogP contribution in [0.3, 0.4) is 0 Å². The van der Waals surface area contributed by atoms with Crippen LogP contribution in [0.2, 0.25) is 0 Å². The molecular weight excluding hydrogens is 266 g/mol. The third-order valence-electron chi connectivity index (χ3n) is 4.65. The zero-order chi connectivity index (χ0) is 15.5. The fourth-order valence-electron chi connectivity index (χ4n) is 3.68. The van der Waals surface area contributed by atoms with Crippen LogP contribution in [0.5, 0.6) is 5.75 Å². The van der Waals surface area contributed by atoms with E-state index in [9.17, 15) is 0 Å². The van der Waals surface area contributed by atoms with Gasteiger partial charge in [0, 0.05) is 13.2 Å². The van der Waals surface area contributed by atoms with E-state index in [1.54, 1.807) is 13.3 Å². The van der Waals surface area contributed by atoms with E-state index in [-0.39, 0.29) is 11.6 Å². The second-order valence-corrected chi connectivity index (χ2v) is 6.09. The summed E-state index contributed by atoms with van der Waals surface area (Å²) >= 11 is 0. The van der Waals surface area contributed by atoms with Gasteiger partial charge in [-0.25, -0.2) is 0 Å².